The molecule has 2 aromatic rings. The molecule has 6 heteroatoms. The van der Waals surface area contributed by atoms with Crippen LogP contribution in [0.15, 0.2) is 26.9 Å². The third-order valence-corrected chi connectivity index (χ3v) is 6.21. The van der Waals surface area contributed by atoms with E-state index in [9.17, 15) is 0 Å². The molecule has 0 spiro atoms. The zero-order valence-electron chi connectivity index (χ0n) is 12.1. The van der Waals surface area contributed by atoms with Crippen LogP contribution in [-0.2, 0) is 0 Å². The van der Waals surface area contributed by atoms with Crippen LogP contribution in [0.3, 0.4) is 0 Å². The Labute approximate surface area is 133 Å². The Morgan fingerprint density at radius 2 is 2.00 bits per heavy atom. The van der Waals surface area contributed by atoms with Gasteiger partial charge in [-0.3, -0.25) is 0 Å². The molecule has 0 aliphatic carbocycles. The van der Waals surface area contributed by atoms with Crippen molar-refractivity contribution >= 4 is 34.9 Å². The van der Waals surface area contributed by atoms with Crippen molar-refractivity contribution < 1.29 is 0 Å². The standard InChI is InChI=1S/C14H19N3S3/c1-9-5-6-11(10(2)7-9)12(15-3)8-19-14-17-16-13(18-4)20-14/h5-7,12,15H,8H2,1-4H3. The Kier molecular flexibility index (Phi) is 5.89. The molecule has 1 heterocycles. The molecule has 0 aliphatic rings. The van der Waals surface area contributed by atoms with Gasteiger partial charge in [-0.1, -0.05) is 58.6 Å². The Balaban J connectivity index is 2.05. The predicted molar refractivity (Wildman–Crippen MR) is 90.1 cm³/mol. The van der Waals surface area contributed by atoms with Crippen molar-refractivity contribution in [3.63, 3.8) is 0 Å². The van der Waals surface area contributed by atoms with Gasteiger partial charge in [0.2, 0.25) is 0 Å². The second-order valence-electron chi connectivity index (χ2n) is 4.55. The lowest BCUT2D eigenvalue weighted by molar-refractivity contribution is 0.657. The van der Waals surface area contributed by atoms with Gasteiger partial charge in [-0.05, 0) is 38.3 Å². The van der Waals surface area contributed by atoms with E-state index >= 15 is 0 Å². The summed E-state index contributed by atoms with van der Waals surface area (Å²) in [6.45, 7) is 4.30. The van der Waals surface area contributed by atoms with Gasteiger partial charge < -0.3 is 5.32 Å². The molecule has 0 aliphatic heterocycles. The molecule has 0 amide bonds. The molecule has 108 valence electrons. The summed E-state index contributed by atoms with van der Waals surface area (Å²) in [5, 5.41) is 11.7. The summed E-state index contributed by atoms with van der Waals surface area (Å²) < 4.78 is 2.07. The molecule has 0 fully saturated rings. The summed E-state index contributed by atoms with van der Waals surface area (Å²) >= 11 is 5.08. The molecule has 20 heavy (non-hydrogen) atoms. The first-order chi connectivity index (χ1) is 9.63. The van der Waals surface area contributed by atoms with Crippen molar-refractivity contribution in [2.45, 2.75) is 28.6 Å². The van der Waals surface area contributed by atoms with E-state index in [1.165, 1.54) is 16.7 Å². The zero-order valence-corrected chi connectivity index (χ0v) is 14.6. The molecule has 3 nitrogen and oxygen atoms in total. The monoisotopic (exact) mass is 325 g/mol. The SMILES string of the molecule is CNC(CSc1nnc(SC)s1)c1ccc(C)cc1C. The number of hydrogen-bond acceptors (Lipinski definition) is 6. The van der Waals surface area contributed by atoms with Gasteiger partial charge in [0, 0.05) is 11.8 Å². The van der Waals surface area contributed by atoms with Crippen molar-refractivity contribution in [2.75, 3.05) is 19.1 Å². The number of nitrogens with zero attached hydrogens (tertiary/aromatic N) is 2. The second kappa shape index (κ2) is 7.45. The molecule has 1 aromatic carbocycles. The normalized spacial score (nSPS) is 12.6. The molecule has 1 atom stereocenters. The minimum absolute atomic E-state index is 0.335. The maximum Gasteiger partial charge on any atom is 0.175 e. The van der Waals surface area contributed by atoms with Crippen LogP contribution in [-0.4, -0.2) is 29.3 Å². The fraction of sp³-hybridized carbons (Fsp3) is 0.429. The predicted octanol–water partition coefficient (Wildman–Crippen LogP) is 3.93. The second-order valence-corrected chi connectivity index (χ2v) is 7.85. The summed E-state index contributed by atoms with van der Waals surface area (Å²) in [7, 11) is 2.01. The van der Waals surface area contributed by atoms with E-state index in [0.717, 1.165) is 14.4 Å². The minimum Gasteiger partial charge on any atom is -0.312 e. The van der Waals surface area contributed by atoms with Crippen molar-refractivity contribution in [3.8, 4) is 0 Å². The first kappa shape index (κ1) is 15.8. The van der Waals surface area contributed by atoms with Crippen molar-refractivity contribution in [1.82, 2.24) is 15.5 Å². The molecular weight excluding hydrogens is 306 g/mol. The number of benzene rings is 1. The molecule has 2 rings (SSSR count). The summed E-state index contributed by atoms with van der Waals surface area (Å²) in [5.74, 6) is 0.962. The molecule has 0 bridgehead atoms. The summed E-state index contributed by atoms with van der Waals surface area (Å²) in [4.78, 5) is 0. The number of hydrogen-bond donors (Lipinski definition) is 1. The van der Waals surface area contributed by atoms with Crippen molar-refractivity contribution in [2.24, 2.45) is 0 Å². The topological polar surface area (TPSA) is 37.8 Å². The number of aryl methyl sites for hydroxylation is 2. The quantitative estimate of drug-likeness (QED) is 0.815. The van der Waals surface area contributed by atoms with Crippen molar-refractivity contribution in [3.05, 3.63) is 34.9 Å². The first-order valence-electron chi connectivity index (χ1n) is 6.38. The summed E-state index contributed by atoms with van der Waals surface area (Å²) in [6.07, 6.45) is 2.03. The van der Waals surface area contributed by atoms with Gasteiger partial charge in [-0.25, -0.2) is 0 Å². The molecule has 1 N–H and O–H groups in total. The van der Waals surface area contributed by atoms with E-state index in [-0.39, 0.29) is 0 Å². The highest BCUT2D eigenvalue weighted by molar-refractivity contribution is 8.02. The van der Waals surface area contributed by atoms with Gasteiger partial charge in [-0.15, -0.1) is 10.2 Å². The fourth-order valence-corrected chi connectivity index (χ4v) is 4.63. The fourth-order valence-electron chi connectivity index (χ4n) is 2.04. The number of aromatic nitrogens is 2. The molecule has 0 saturated heterocycles. The third-order valence-electron chi connectivity index (χ3n) is 3.09. The lowest BCUT2D eigenvalue weighted by atomic mass is 10.0. The molecule has 1 unspecified atom stereocenters. The summed E-state index contributed by atoms with van der Waals surface area (Å²) in [5.41, 5.74) is 4.01. The molecular formula is C14H19N3S3. The van der Waals surface area contributed by atoms with Gasteiger partial charge in [0.15, 0.2) is 8.68 Å². The van der Waals surface area contributed by atoms with E-state index in [0.29, 0.717) is 6.04 Å². The highest BCUT2D eigenvalue weighted by Crippen LogP contribution is 2.31. The largest absolute Gasteiger partial charge is 0.312 e. The van der Waals surface area contributed by atoms with Crippen LogP contribution >= 0.6 is 34.9 Å². The van der Waals surface area contributed by atoms with E-state index in [4.69, 9.17) is 0 Å². The van der Waals surface area contributed by atoms with Gasteiger partial charge in [0.25, 0.3) is 0 Å². The molecule has 1 aromatic heterocycles. The minimum atomic E-state index is 0.335. The lowest BCUT2D eigenvalue weighted by Crippen LogP contribution is -2.19. The molecule has 0 radical (unpaired) electrons. The Bertz CT molecular complexity index is 569. The van der Waals surface area contributed by atoms with E-state index in [1.807, 2.05) is 13.3 Å². The van der Waals surface area contributed by atoms with Gasteiger partial charge in [0.05, 0.1) is 0 Å². The van der Waals surface area contributed by atoms with Gasteiger partial charge in [0.1, 0.15) is 0 Å². The van der Waals surface area contributed by atoms with Crippen molar-refractivity contribution in [1.29, 1.82) is 0 Å². The first-order valence-corrected chi connectivity index (χ1v) is 9.41. The highest BCUT2D eigenvalue weighted by Gasteiger charge is 2.14. The highest BCUT2D eigenvalue weighted by atomic mass is 32.2. The summed E-state index contributed by atoms with van der Waals surface area (Å²) in [6, 6.07) is 6.97. The molecule has 0 saturated carbocycles. The average Bonchev–Trinajstić information content (AvgIpc) is 2.89. The smallest absolute Gasteiger partial charge is 0.175 e. The Hall–Kier alpha value is -0.560. The van der Waals surface area contributed by atoms with Crippen LogP contribution in [0.25, 0.3) is 0 Å². The Morgan fingerprint density at radius 1 is 1.25 bits per heavy atom. The maximum atomic E-state index is 4.21. The van der Waals surface area contributed by atoms with Crippen LogP contribution in [0, 0.1) is 13.8 Å². The number of rotatable bonds is 6. The lowest BCUT2D eigenvalue weighted by Gasteiger charge is -2.18. The van der Waals surface area contributed by atoms with E-state index < -0.39 is 0 Å². The van der Waals surface area contributed by atoms with Gasteiger partial charge >= 0.3 is 0 Å². The van der Waals surface area contributed by atoms with E-state index in [1.54, 1.807) is 34.9 Å². The number of thioether (sulfide) groups is 2. The van der Waals surface area contributed by atoms with Crippen LogP contribution in [0.5, 0.6) is 0 Å². The average molecular weight is 326 g/mol. The Morgan fingerprint density at radius 3 is 2.60 bits per heavy atom. The van der Waals surface area contributed by atoms with Crippen LogP contribution < -0.4 is 5.32 Å². The van der Waals surface area contributed by atoms with Crippen LogP contribution in [0.2, 0.25) is 0 Å². The van der Waals surface area contributed by atoms with Crippen LogP contribution in [0.4, 0.5) is 0 Å². The van der Waals surface area contributed by atoms with E-state index in [2.05, 4.69) is 47.6 Å². The zero-order chi connectivity index (χ0) is 14.5. The maximum absolute atomic E-state index is 4.21. The van der Waals surface area contributed by atoms with Gasteiger partial charge in [-0.2, -0.15) is 0 Å². The number of nitrogens with one attached hydrogen (secondary N) is 1. The van der Waals surface area contributed by atoms with Crippen LogP contribution in [0.1, 0.15) is 22.7 Å². The third kappa shape index (κ3) is 3.97.